The first-order valence-electron chi connectivity index (χ1n) is 14.3. The van der Waals surface area contributed by atoms with Crippen LogP contribution in [0.5, 0.6) is 6.01 Å². The molecule has 4 N–H and O–H groups in total. The molecule has 2 aromatic carbocycles. The molecule has 1 fully saturated rings. The van der Waals surface area contributed by atoms with Crippen LogP contribution in [0.3, 0.4) is 0 Å². The number of nitrogens with one attached hydrogen (secondary N) is 3. The number of aliphatic carboxylic acids is 1. The van der Waals surface area contributed by atoms with Crippen LogP contribution in [0.15, 0.2) is 48.5 Å². The Morgan fingerprint density at radius 3 is 2.22 bits per heavy atom. The Bertz CT molecular complexity index is 1480. The second kappa shape index (κ2) is 13.9. The normalized spacial score (nSPS) is 14.7. The first-order valence-corrected chi connectivity index (χ1v) is 14.7. The molecule has 45 heavy (non-hydrogen) atoms. The third-order valence-electron chi connectivity index (χ3n) is 7.06. The SMILES string of the molecule is C[N+](C)(C)CCCC[C@H](NC(=O)c1ccc(Nc2nc(NC3(c4ccc(Cl)cc4)CC3)nc(OCC(F)(F)F)n2)cc1)C(=O)O. The molecule has 1 aliphatic rings. The third-order valence-corrected chi connectivity index (χ3v) is 7.31. The summed E-state index contributed by atoms with van der Waals surface area (Å²) < 4.78 is 44.2. The van der Waals surface area contributed by atoms with Crippen LogP contribution in [0.4, 0.5) is 30.8 Å². The number of hydrogen-bond donors (Lipinski definition) is 4. The number of carbonyl (C=O) groups excluding carboxylic acids is 1. The fourth-order valence-electron chi connectivity index (χ4n) is 4.54. The van der Waals surface area contributed by atoms with Gasteiger partial charge in [0.2, 0.25) is 11.9 Å². The number of anilines is 3. The van der Waals surface area contributed by atoms with Gasteiger partial charge in [-0.15, -0.1) is 0 Å². The number of halogens is 4. The summed E-state index contributed by atoms with van der Waals surface area (Å²) in [5.74, 6) is -1.74. The van der Waals surface area contributed by atoms with Gasteiger partial charge in [0.25, 0.3) is 5.91 Å². The average molecular weight is 651 g/mol. The van der Waals surface area contributed by atoms with Gasteiger partial charge in [-0.2, -0.15) is 28.1 Å². The topological polar surface area (TPSA) is 138 Å². The molecule has 1 aliphatic carbocycles. The van der Waals surface area contributed by atoms with Crippen LogP contribution in [0, 0.1) is 0 Å². The number of hydrogen-bond acceptors (Lipinski definition) is 8. The van der Waals surface area contributed by atoms with Crippen molar-refractivity contribution in [1.29, 1.82) is 0 Å². The van der Waals surface area contributed by atoms with Crippen LogP contribution in [-0.4, -0.2) is 82.9 Å². The Morgan fingerprint density at radius 2 is 1.64 bits per heavy atom. The quantitative estimate of drug-likeness (QED) is 0.126. The summed E-state index contributed by atoms with van der Waals surface area (Å²) in [6, 6.07) is 11.7. The van der Waals surface area contributed by atoms with Crippen molar-refractivity contribution < 1.29 is 37.1 Å². The van der Waals surface area contributed by atoms with E-state index in [1.54, 1.807) is 12.1 Å². The monoisotopic (exact) mass is 650 g/mol. The number of carboxylic acids is 1. The molecule has 0 unspecified atom stereocenters. The van der Waals surface area contributed by atoms with Gasteiger partial charge >= 0.3 is 18.2 Å². The number of aromatic nitrogens is 3. The highest BCUT2D eigenvalue weighted by molar-refractivity contribution is 6.30. The van der Waals surface area contributed by atoms with Gasteiger partial charge in [0.1, 0.15) is 6.04 Å². The minimum absolute atomic E-state index is 0.00859. The lowest BCUT2D eigenvalue weighted by Gasteiger charge is -2.24. The molecule has 0 aliphatic heterocycles. The van der Waals surface area contributed by atoms with Crippen molar-refractivity contribution >= 4 is 41.1 Å². The largest absolute Gasteiger partial charge is 0.480 e. The molecular weight excluding hydrogens is 615 g/mol. The number of ether oxygens (including phenoxy) is 1. The zero-order chi connectivity index (χ0) is 32.8. The Balaban J connectivity index is 1.45. The first-order chi connectivity index (χ1) is 21.1. The summed E-state index contributed by atoms with van der Waals surface area (Å²) in [5, 5.41) is 18.8. The van der Waals surface area contributed by atoms with Crippen molar-refractivity contribution in [2.75, 3.05) is 44.9 Å². The van der Waals surface area contributed by atoms with Crippen molar-refractivity contribution in [3.05, 3.63) is 64.7 Å². The lowest BCUT2D eigenvalue weighted by Crippen LogP contribution is -2.41. The minimum Gasteiger partial charge on any atom is -0.480 e. The Kier molecular flexibility index (Phi) is 10.4. The molecule has 3 aromatic rings. The summed E-state index contributed by atoms with van der Waals surface area (Å²) >= 11 is 6.01. The predicted octanol–water partition coefficient (Wildman–Crippen LogP) is 5.37. The van der Waals surface area contributed by atoms with E-state index in [0.717, 1.165) is 35.9 Å². The number of unbranched alkanes of at least 4 members (excludes halogenated alkanes) is 1. The van der Waals surface area contributed by atoms with E-state index in [-0.39, 0.29) is 17.5 Å². The molecule has 0 saturated heterocycles. The Hall–Kier alpha value is -4.17. The van der Waals surface area contributed by atoms with Crippen molar-refractivity contribution in [3.8, 4) is 6.01 Å². The number of rotatable bonds is 15. The van der Waals surface area contributed by atoms with E-state index in [0.29, 0.717) is 23.6 Å². The van der Waals surface area contributed by atoms with Crippen molar-refractivity contribution in [1.82, 2.24) is 20.3 Å². The molecule has 0 spiro atoms. The first kappa shape index (κ1) is 33.7. The fourth-order valence-corrected chi connectivity index (χ4v) is 4.67. The molecule has 11 nitrogen and oxygen atoms in total. The predicted molar refractivity (Wildman–Crippen MR) is 163 cm³/mol. The molecule has 1 amide bonds. The third kappa shape index (κ3) is 10.5. The molecule has 1 aromatic heterocycles. The molecule has 0 bridgehead atoms. The van der Waals surface area contributed by atoms with E-state index in [1.165, 1.54) is 24.3 Å². The molecule has 1 saturated carbocycles. The van der Waals surface area contributed by atoms with Gasteiger partial charge < -0.3 is 30.3 Å². The number of carbonyl (C=O) groups is 2. The molecule has 1 heterocycles. The van der Waals surface area contributed by atoms with Crippen LogP contribution in [-0.2, 0) is 10.3 Å². The highest BCUT2D eigenvalue weighted by Crippen LogP contribution is 2.48. The van der Waals surface area contributed by atoms with Crippen LogP contribution < -0.4 is 20.7 Å². The maximum absolute atomic E-state index is 12.9. The average Bonchev–Trinajstić information content (AvgIpc) is 3.73. The zero-order valence-corrected chi connectivity index (χ0v) is 25.9. The number of carboxylic acid groups (broad SMARTS) is 1. The lowest BCUT2D eigenvalue weighted by atomic mass is 10.1. The van der Waals surface area contributed by atoms with Crippen LogP contribution in [0.2, 0.25) is 5.02 Å². The molecule has 4 rings (SSSR count). The second-order valence-electron chi connectivity index (χ2n) is 12.0. The maximum Gasteiger partial charge on any atom is 0.422 e. The summed E-state index contributed by atoms with van der Waals surface area (Å²) in [6.45, 7) is -0.707. The van der Waals surface area contributed by atoms with Gasteiger partial charge in [-0.1, -0.05) is 23.7 Å². The number of benzene rings is 2. The van der Waals surface area contributed by atoms with E-state index in [1.807, 2.05) is 12.1 Å². The van der Waals surface area contributed by atoms with E-state index in [4.69, 9.17) is 16.3 Å². The Morgan fingerprint density at radius 1 is 1.00 bits per heavy atom. The standard InChI is InChI=1S/C30H35ClF3N7O4/c1-41(2,3)17-5-4-6-23(25(43)44)36-24(42)19-7-13-22(14-8-19)35-26-37-27(39-28(38-26)45-18-30(32,33)34)40-29(15-16-29)20-9-11-21(31)12-10-20/h7-14,23H,4-6,15-18H2,1-3H3,(H3-,35,36,37,38,39,40,42,43,44)/p+1/t23-/m0/s1. The number of quaternary nitrogens is 1. The van der Waals surface area contributed by atoms with Crippen molar-refractivity contribution in [2.24, 2.45) is 0 Å². The molecule has 15 heteroatoms. The highest BCUT2D eigenvalue weighted by atomic mass is 35.5. The molecule has 1 atom stereocenters. The molecule has 0 radical (unpaired) electrons. The van der Waals surface area contributed by atoms with Crippen LogP contribution >= 0.6 is 11.6 Å². The van der Waals surface area contributed by atoms with E-state index >= 15 is 0 Å². The maximum atomic E-state index is 12.9. The van der Waals surface area contributed by atoms with Gasteiger partial charge in [-0.25, -0.2) is 4.79 Å². The lowest BCUT2D eigenvalue weighted by molar-refractivity contribution is -0.870. The van der Waals surface area contributed by atoms with Crippen molar-refractivity contribution in [2.45, 2.75) is 49.9 Å². The zero-order valence-electron chi connectivity index (χ0n) is 25.1. The number of amides is 1. The van der Waals surface area contributed by atoms with Gasteiger partial charge in [-0.05, 0) is 74.1 Å². The second-order valence-corrected chi connectivity index (χ2v) is 12.4. The van der Waals surface area contributed by atoms with Crippen LogP contribution in [0.25, 0.3) is 0 Å². The summed E-state index contributed by atoms with van der Waals surface area (Å²) in [5.41, 5.74) is 1.05. The number of alkyl halides is 3. The van der Waals surface area contributed by atoms with Gasteiger partial charge in [-0.3, -0.25) is 4.79 Å². The minimum atomic E-state index is -4.60. The fraction of sp³-hybridized carbons (Fsp3) is 0.433. The Labute approximate surface area is 263 Å². The molecule has 242 valence electrons. The van der Waals surface area contributed by atoms with Crippen molar-refractivity contribution in [3.63, 3.8) is 0 Å². The van der Waals surface area contributed by atoms with Gasteiger partial charge in [0.05, 0.1) is 33.2 Å². The van der Waals surface area contributed by atoms with E-state index < -0.39 is 42.3 Å². The van der Waals surface area contributed by atoms with E-state index in [2.05, 4.69) is 52.0 Å². The summed E-state index contributed by atoms with van der Waals surface area (Å²) in [7, 11) is 6.16. The molecular formula is C30H36ClF3N7O4+. The van der Waals surface area contributed by atoms with Crippen LogP contribution in [0.1, 0.15) is 48.0 Å². The van der Waals surface area contributed by atoms with Gasteiger partial charge in [0.15, 0.2) is 6.61 Å². The smallest absolute Gasteiger partial charge is 0.422 e. The summed E-state index contributed by atoms with van der Waals surface area (Å²) in [4.78, 5) is 36.9. The highest BCUT2D eigenvalue weighted by Gasteiger charge is 2.45. The van der Waals surface area contributed by atoms with E-state index in [9.17, 15) is 27.9 Å². The summed E-state index contributed by atoms with van der Waals surface area (Å²) in [6.07, 6.45) is -1.35. The number of nitrogens with zero attached hydrogens (tertiary/aromatic N) is 4. The van der Waals surface area contributed by atoms with Gasteiger partial charge in [0, 0.05) is 16.3 Å².